The fourth-order valence-electron chi connectivity index (χ4n) is 3.04. The predicted octanol–water partition coefficient (Wildman–Crippen LogP) is 1.97. The zero-order valence-corrected chi connectivity index (χ0v) is 11.4. The van der Waals surface area contributed by atoms with Crippen LogP contribution >= 0.6 is 0 Å². The summed E-state index contributed by atoms with van der Waals surface area (Å²) in [6, 6.07) is 0.229. The molecule has 0 spiro atoms. The van der Waals surface area contributed by atoms with Crippen molar-refractivity contribution in [1.29, 1.82) is 0 Å². The summed E-state index contributed by atoms with van der Waals surface area (Å²) in [5.74, 6) is -0.0800. The highest BCUT2D eigenvalue weighted by molar-refractivity contribution is 5.70. The van der Waals surface area contributed by atoms with Gasteiger partial charge < -0.3 is 9.47 Å². The van der Waals surface area contributed by atoms with E-state index in [0.717, 1.165) is 32.5 Å². The van der Waals surface area contributed by atoms with Crippen molar-refractivity contribution in [3.05, 3.63) is 0 Å². The van der Waals surface area contributed by atoms with Gasteiger partial charge in [-0.2, -0.15) is 0 Å². The first kappa shape index (κ1) is 13.8. The van der Waals surface area contributed by atoms with Crippen molar-refractivity contribution in [3.63, 3.8) is 0 Å². The van der Waals surface area contributed by atoms with Crippen LogP contribution in [0.1, 0.15) is 45.4 Å². The molecule has 2 saturated heterocycles. The first-order valence-electron chi connectivity index (χ1n) is 7.32. The van der Waals surface area contributed by atoms with Crippen LogP contribution in [0, 0.1) is 0 Å². The minimum absolute atomic E-state index is 0.0800. The number of hydrogen-bond donors (Lipinski definition) is 0. The van der Waals surface area contributed by atoms with E-state index in [1.807, 2.05) is 6.92 Å². The summed E-state index contributed by atoms with van der Waals surface area (Å²) >= 11 is 0. The smallest absolute Gasteiger partial charge is 0.307 e. The normalized spacial score (nSPS) is 27.1. The quantitative estimate of drug-likeness (QED) is 0.704. The van der Waals surface area contributed by atoms with Gasteiger partial charge in [0.15, 0.2) is 0 Å². The van der Waals surface area contributed by atoms with Crippen molar-refractivity contribution < 1.29 is 14.3 Å². The Bertz CT molecular complexity index is 258. The summed E-state index contributed by atoms with van der Waals surface area (Å²) in [6.07, 6.45) is 6.72. The molecule has 0 radical (unpaired) electrons. The Morgan fingerprint density at radius 2 is 2.11 bits per heavy atom. The Morgan fingerprint density at radius 3 is 2.72 bits per heavy atom. The highest BCUT2D eigenvalue weighted by Crippen LogP contribution is 2.25. The second-order valence-corrected chi connectivity index (χ2v) is 5.22. The van der Waals surface area contributed by atoms with E-state index in [9.17, 15) is 4.79 Å². The van der Waals surface area contributed by atoms with E-state index in [4.69, 9.17) is 9.47 Å². The van der Waals surface area contributed by atoms with Crippen molar-refractivity contribution in [2.45, 2.75) is 57.6 Å². The topological polar surface area (TPSA) is 38.8 Å². The standard InChI is InChI=1S/C14H25NO3/c1-2-17-14(16)11-12(13-7-6-10-18-13)15-8-4-3-5-9-15/h12-13H,2-11H2,1H3. The average Bonchev–Trinajstić information content (AvgIpc) is 2.91. The molecule has 0 bridgehead atoms. The lowest BCUT2D eigenvalue weighted by Crippen LogP contribution is -2.47. The SMILES string of the molecule is CCOC(=O)CC(C1CCCO1)N1CCCCC1. The highest BCUT2D eigenvalue weighted by atomic mass is 16.5. The summed E-state index contributed by atoms with van der Waals surface area (Å²) in [7, 11) is 0. The van der Waals surface area contributed by atoms with Gasteiger partial charge in [0.1, 0.15) is 0 Å². The second kappa shape index (κ2) is 7.10. The van der Waals surface area contributed by atoms with Gasteiger partial charge in [-0.3, -0.25) is 9.69 Å². The Balaban J connectivity index is 1.94. The molecule has 0 aromatic carbocycles. The van der Waals surface area contributed by atoms with Gasteiger partial charge in [0, 0.05) is 12.6 Å². The van der Waals surface area contributed by atoms with E-state index < -0.39 is 0 Å². The molecule has 2 rings (SSSR count). The van der Waals surface area contributed by atoms with Gasteiger partial charge in [-0.25, -0.2) is 0 Å². The maximum Gasteiger partial charge on any atom is 0.307 e. The van der Waals surface area contributed by atoms with Gasteiger partial charge in [-0.1, -0.05) is 6.42 Å². The Hall–Kier alpha value is -0.610. The fourth-order valence-corrected chi connectivity index (χ4v) is 3.04. The molecule has 2 atom stereocenters. The van der Waals surface area contributed by atoms with Crippen LogP contribution in [-0.4, -0.2) is 49.3 Å². The van der Waals surface area contributed by atoms with Crippen LogP contribution in [0.15, 0.2) is 0 Å². The predicted molar refractivity (Wildman–Crippen MR) is 69.4 cm³/mol. The largest absolute Gasteiger partial charge is 0.466 e. The molecule has 0 aromatic heterocycles. The molecule has 2 unspecified atom stereocenters. The number of esters is 1. The number of carbonyl (C=O) groups is 1. The lowest BCUT2D eigenvalue weighted by atomic mass is 9.99. The summed E-state index contributed by atoms with van der Waals surface area (Å²) in [5.41, 5.74) is 0. The van der Waals surface area contributed by atoms with Gasteiger partial charge in [0.2, 0.25) is 0 Å². The molecule has 0 N–H and O–H groups in total. The molecule has 0 amide bonds. The van der Waals surface area contributed by atoms with Crippen LogP contribution in [0.25, 0.3) is 0 Å². The maximum absolute atomic E-state index is 11.7. The van der Waals surface area contributed by atoms with E-state index in [-0.39, 0.29) is 18.1 Å². The van der Waals surface area contributed by atoms with E-state index in [2.05, 4.69) is 4.90 Å². The molecule has 18 heavy (non-hydrogen) atoms. The van der Waals surface area contributed by atoms with Crippen molar-refractivity contribution in [2.24, 2.45) is 0 Å². The van der Waals surface area contributed by atoms with E-state index in [0.29, 0.717) is 13.0 Å². The van der Waals surface area contributed by atoms with Gasteiger partial charge in [0.25, 0.3) is 0 Å². The summed E-state index contributed by atoms with van der Waals surface area (Å²) in [5, 5.41) is 0. The lowest BCUT2D eigenvalue weighted by Gasteiger charge is -2.37. The van der Waals surface area contributed by atoms with Gasteiger partial charge in [0.05, 0.1) is 19.1 Å². The molecule has 4 heteroatoms. The number of carbonyl (C=O) groups excluding carboxylic acids is 1. The van der Waals surface area contributed by atoms with Crippen molar-refractivity contribution in [1.82, 2.24) is 4.90 Å². The van der Waals surface area contributed by atoms with E-state index in [1.54, 1.807) is 0 Å². The molecule has 2 aliphatic heterocycles. The molecular weight excluding hydrogens is 230 g/mol. The monoisotopic (exact) mass is 255 g/mol. The van der Waals surface area contributed by atoms with Crippen LogP contribution in [0.5, 0.6) is 0 Å². The van der Waals surface area contributed by atoms with Crippen molar-refractivity contribution in [3.8, 4) is 0 Å². The number of rotatable bonds is 5. The second-order valence-electron chi connectivity index (χ2n) is 5.22. The van der Waals surface area contributed by atoms with Crippen molar-refractivity contribution >= 4 is 5.97 Å². The first-order chi connectivity index (χ1) is 8.81. The number of nitrogens with zero attached hydrogens (tertiary/aromatic N) is 1. The van der Waals surface area contributed by atoms with Gasteiger partial charge in [-0.15, -0.1) is 0 Å². The van der Waals surface area contributed by atoms with Crippen molar-refractivity contribution in [2.75, 3.05) is 26.3 Å². The Morgan fingerprint density at radius 1 is 1.33 bits per heavy atom. The zero-order chi connectivity index (χ0) is 12.8. The molecular formula is C14H25NO3. The average molecular weight is 255 g/mol. The van der Waals surface area contributed by atoms with Crippen LogP contribution in [-0.2, 0) is 14.3 Å². The number of ether oxygens (including phenoxy) is 2. The molecule has 2 fully saturated rings. The molecule has 2 heterocycles. The minimum Gasteiger partial charge on any atom is -0.466 e. The summed E-state index contributed by atoms with van der Waals surface area (Å²) in [4.78, 5) is 14.2. The fraction of sp³-hybridized carbons (Fsp3) is 0.929. The van der Waals surface area contributed by atoms with Crippen LogP contribution in [0.2, 0.25) is 0 Å². The number of hydrogen-bond acceptors (Lipinski definition) is 4. The minimum atomic E-state index is -0.0800. The highest BCUT2D eigenvalue weighted by Gasteiger charge is 2.33. The number of piperidine rings is 1. The third-order valence-corrected chi connectivity index (χ3v) is 3.93. The van der Waals surface area contributed by atoms with Gasteiger partial charge >= 0.3 is 5.97 Å². The molecule has 104 valence electrons. The maximum atomic E-state index is 11.7. The zero-order valence-electron chi connectivity index (χ0n) is 11.4. The summed E-state index contributed by atoms with van der Waals surface area (Å²) in [6.45, 7) is 5.38. The van der Waals surface area contributed by atoms with Crippen LogP contribution < -0.4 is 0 Å². The number of likely N-dealkylation sites (tertiary alicyclic amines) is 1. The molecule has 0 aliphatic carbocycles. The molecule has 0 aromatic rings. The lowest BCUT2D eigenvalue weighted by molar-refractivity contribution is -0.146. The summed E-state index contributed by atoms with van der Waals surface area (Å²) < 4.78 is 10.9. The third-order valence-electron chi connectivity index (χ3n) is 3.93. The molecule has 2 aliphatic rings. The first-order valence-corrected chi connectivity index (χ1v) is 7.32. The Labute approximate surface area is 110 Å². The van der Waals surface area contributed by atoms with Crippen LogP contribution in [0.4, 0.5) is 0 Å². The van der Waals surface area contributed by atoms with E-state index >= 15 is 0 Å². The third kappa shape index (κ3) is 3.69. The van der Waals surface area contributed by atoms with Crippen LogP contribution in [0.3, 0.4) is 0 Å². The molecule has 4 nitrogen and oxygen atoms in total. The molecule has 0 saturated carbocycles. The van der Waals surface area contributed by atoms with E-state index in [1.165, 1.54) is 19.3 Å². The van der Waals surface area contributed by atoms with Gasteiger partial charge in [-0.05, 0) is 45.7 Å². The Kier molecular flexibility index (Phi) is 5.45.